The third kappa shape index (κ3) is 10.8. The summed E-state index contributed by atoms with van der Waals surface area (Å²) in [5.41, 5.74) is 13.6. The molecule has 24 heavy (non-hydrogen) atoms. The van der Waals surface area contributed by atoms with Crippen LogP contribution in [0, 0.1) is 11.8 Å². The quantitative estimate of drug-likeness (QED) is 0.130. The zero-order valence-corrected chi connectivity index (χ0v) is 14.6. The molecular weight excluding hydrogens is 312 g/mol. The zero-order valence-electron chi connectivity index (χ0n) is 14.6. The number of nitrogens with zero attached hydrogens (tertiary/aromatic N) is 3. The molecule has 2 amide bonds. The molecule has 0 rings (SSSR count). The van der Waals surface area contributed by atoms with E-state index in [0.717, 1.165) is 25.7 Å². The first-order chi connectivity index (χ1) is 11.4. The van der Waals surface area contributed by atoms with Crippen LogP contribution in [0.1, 0.15) is 46.0 Å². The van der Waals surface area contributed by atoms with E-state index in [0.29, 0.717) is 19.5 Å². The summed E-state index contributed by atoms with van der Waals surface area (Å²) in [7, 11) is 0. The van der Waals surface area contributed by atoms with Gasteiger partial charge in [0.05, 0.1) is 0 Å². The predicted molar refractivity (Wildman–Crippen MR) is 91.6 cm³/mol. The molecular formula is C15H30N6O3. The second-order valence-corrected chi connectivity index (χ2v) is 5.89. The molecule has 0 aromatic carbocycles. The smallest absolute Gasteiger partial charge is 0.225 e. The van der Waals surface area contributed by atoms with E-state index in [9.17, 15) is 14.7 Å². The van der Waals surface area contributed by atoms with Crippen LogP contribution in [0.15, 0.2) is 5.11 Å². The summed E-state index contributed by atoms with van der Waals surface area (Å²) in [6.45, 7) is 4.70. The molecule has 3 atom stereocenters. The first-order valence-electron chi connectivity index (χ1n) is 8.41. The molecule has 0 radical (unpaired) electrons. The standard InChI is InChI=1S/C15H30N6O3/c1-3-12(14(16)23)9-11(2)15(24)19-8-6-4-5-7-18-13(22)10-20-21-17/h11-12,14,23H,3-10,16H2,1-2H3,(H,18,22)(H,19,24). The van der Waals surface area contributed by atoms with Gasteiger partial charge in [0.2, 0.25) is 11.8 Å². The fraction of sp³-hybridized carbons (Fsp3) is 0.867. The van der Waals surface area contributed by atoms with E-state index in [1.807, 2.05) is 13.8 Å². The van der Waals surface area contributed by atoms with Crippen LogP contribution in [-0.4, -0.2) is 42.8 Å². The molecule has 0 spiro atoms. The summed E-state index contributed by atoms with van der Waals surface area (Å²) >= 11 is 0. The van der Waals surface area contributed by atoms with Gasteiger partial charge in [-0.15, -0.1) is 0 Å². The maximum Gasteiger partial charge on any atom is 0.225 e. The molecule has 0 aliphatic carbocycles. The Bertz CT molecular complexity index is 423. The number of rotatable bonds is 13. The topological polar surface area (TPSA) is 153 Å². The Morgan fingerprint density at radius 3 is 2.42 bits per heavy atom. The number of aliphatic hydroxyl groups excluding tert-OH is 1. The third-order valence-electron chi connectivity index (χ3n) is 3.86. The second kappa shape index (κ2) is 13.6. The Hall–Kier alpha value is -1.83. The van der Waals surface area contributed by atoms with E-state index in [1.165, 1.54) is 0 Å². The minimum Gasteiger partial charge on any atom is -0.379 e. The molecule has 3 unspecified atom stereocenters. The summed E-state index contributed by atoms with van der Waals surface area (Å²) in [5.74, 6) is -0.577. The summed E-state index contributed by atoms with van der Waals surface area (Å²) < 4.78 is 0. The molecule has 0 aliphatic heterocycles. The first kappa shape index (κ1) is 22.2. The molecule has 0 heterocycles. The third-order valence-corrected chi connectivity index (χ3v) is 3.86. The van der Waals surface area contributed by atoms with E-state index in [2.05, 4.69) is 20.7 Å². The SMILES string of the molecule is CCC(CC(C)C(=O)NCCCCCNC(=O)CN=[N+]=[N-])C(N)O. The summed E-state index contributed by atoms with van der Waals surface area (Å²) in [5, 5.41) is 18.1. The van der Waals surface area contributed by atoms with Gasteiger partial charge < -0.3 is 21.5 Å². The van der Waals surface area contributed by atoms with Crippen LogP contribution < -0.4 is 16.4 Å². The van der Waals surface area contributed by atoms with Gasteiger partial charge in [-0.25, -0.2) is 0 Å². The van der Waals surface area contributed by atoms with Gasteiger partial charge in [-0.1, -0.05) is 19.0 Å². The molecule has 0 aromatic heterocycles. The lowest BCUT2D eigenvalue weighted by Crippen LogP contribution is -2.35. The van der Waals surface area contributed by atoms with Crippen molar-refractivity contribution in [3.8, 4) is 0 Å². The molecule has 138 valence electrons. The van der Waals surface area contributed by atoms with E-state index >= 15 is 0 Å². The minimum absolute atomic E-state index is 0.0308. The number of hydrogen-bond acceptors (Lipinski definition) is 5. The van der Waals surface area contributed by atoms with Gasteiger partial charge in [-0.2, -0.15) is 0 Å². The lowest BCUT2D eigenvalue weighted by molar-refractivity contribution is -0.125. The number of nitrogens with two attached hydrogens (primary N) is 1. The van der Waals surface area contributed by atoms with Crippen molar-refractivity contribution in [2.45, 2.75) is 52.2 Å². The molecule has 0 aliphatic rings. The van der Waals surface area contributed by atoms with E-state index in [4.69, 9.17) is 11.3 Å². The molecule has 0 aromatic rings. The fourth-order valence-corrected chi connectivity index (χ4v) is 2.30. The highest BCUT2D eigenvalue weighted by Crippen LogP contribution is 2.17. The predicted octanol–water partition coefficient (Wildman–Crippen LogP) is 1.03. The maximum absolute atomic E-state index is 12.0. The van der Waals surface area contributed by atoms with Crippen molar-refractivity contribution in [2.75, 3.05) is 19.6 Å². The van der Waals surface area contributed by atoms with Crippen molar-refractivity contribution in [2.24, 2.45) is 22.7 Å². The lowest BCUT2D eigenvalue weighted by Gasteiger charge is -2.21. The number of carbonyl (C=O) groups excluding carboxylic acids is 2. The summed E-state index contributed by atoms with van der Waals surface area (Å²) in [6.07, 6.45) is 2.90. The van der Waals surface area contributed by atoms with Crippen LogP contribution >= 0.6 is 0 Å². The molecule has 0 saturated carbocycles. The Morgan fingerprint density at radius 2 is 1.88 bits per heavy atom. The van der Waals surface area contributed by atoms with Gasteiger partial charge >= 0.3 is 0 Å². The molecule has 0 fully saturated rings. The Kier molecular flexibility index (Phi) is 12.6. The second-order valence-electron chi connectivity index (χ2n) is 5.89. The Labute approximate surface area is 143 Å². The largest absolute Gasteiger partial charge is 0.379 e. The number of nitrogens with one attached hydrogen (secondary N) is 2. The van der Waals surface area contributed by atoms with E-state index in [1.54, 1.807) is 0 Å². The minimum atomic E-state index is -0.890. The van der Waals surface area contributed by atoms with Crippen LogP contribution in [0.4, 0.5) is 0 Å². The van der Waals surface area contributed by atoms with Crippen molar-refractivity contribution in [1.29, 1.82) is 0 Å². The van der Waals surface area contributed by atoms with Crippen LogP contribution in [0.25, 0.3) is 10.4 Å². The molecule has 0 bridgehead atoms. The number of azide groups is 1. The van der Waals surface area contributed by atoms with Gasteiger partial charge in [-0.05, 0) is 43.6 Å². The average molecular weight is 342 g/mol. The molecule has 9 nitrogen and oxygen atoms in total. The summed E-state index contributed by atoms with van der Waals surface area (Å²) in [6, 6.07) is 0. The van der Waals surface area contributed by atoms with Crippen LogP contribution in [0.5, 0.6) is 0 Å². The van der Waals surface area contributed by atoms with E-state index in [-0.39, 0.29) is 30.2 Å². The van der Waals surface area contributed by atoms with Crippen LogP contribution in [0.3, 0.4) is 0 Å². The maximum atomic E-state index is 12.0. The van der Waals surface area contributed by atoms with Crippen LogP contribution in [0.2, 0.25) is 0 Å². The lowest BCUT2D eigenvalue weighted by atomic mass is 9.92. The number of aliphatic hydroxyl groups is 1. The molecule has 9 heteroatoms. The van der Waals surface area contributed by atoms with E-state index < -0.39 is 6.23 Å². The van der Waals surface area contributed by atoms with Crippen molar-refractivity contribution in [3.05, 3.63) is 10.4 Å². The van der Waals surface area contributed by atoms with Gasteiger partial charge in [0, 0.05) is 23.9 Å². The molecule has 5 N–H and O–H groups in total. The zero-order chi connectivity index (χ0) is 18.4. The number of unbranched alkanes of at least 4 members (excludes halogenated alkanes) is 2. The highest BCUT2D eigenvalue weighted by Gasteiger charge is 2.21. The van der Waals surface area contributed by atoms with Gasteiger partial charge in [0.1, 0.15) is 12.8 Å². The van der Waals surface area contributed by atoms with Crippen molar-refractivity contribution >= 4 is 11.8 Å². The van der Waals surface area contributed by atoms with Crippen LogP contribution in [-0.2, 0) is 9.59 Å². The van der Waals surface area contributed by atoms with Crippen molar-refractivity contribution in [1.82, 2.24) is 10.6 Å². The highest BCUT2D eigenvalue weighted by molar-refractivity contribution is 5.78. The fourth-order valence-electron chi connectivity index (χ4n) is 2.30. The number of carbonyl (C=O) groups is 2. The highest BCUT2D eigenvalue weighted by atomic mass is 16.3. The van der Waals surface area contributed by atoms with Crippen molar-refractivity contribution < 1.29 is 14.7 Å². The van der Waals surface area contributed by atoms with Gasteiger partial charge in [0.15, 0.2) is 0 Å². The summed E-state index contributed by atoms with van der Waals surface area (Å²) in [4.78, 5) is 25.6. The number of amides is 2. The van der Waals surface area contributed by atoms with Gasteiger partial charge in [0.25, 0.3) is 0 Å². The number of hydrogen-bond donors (Lipinski definition) is 4. The van der Waals surface area contributed by atoms with Crippen molar-refractivity contribution in [3.63, 3.8) is 0 Å². The Balaban J connectivity index is 3.71. The first-order valence-corrected chi connectivity index (χ1v) is 8.41. The normalized spacial score (nSPS) is 14.2. The monoisotopic (exact) mass is 342 g/mol. The van der Waals surface area contributed by atoms with Gasteiger partial charge in [-0.3, -0.25) is 9.59 Å². The molecule has 0 saturated heterocycles. The Morgan fingerprint density at radius 1 is 1.25 bits per heavy atom. The average Bonchev–Trinajstić information content (AvgIpc) is 2.55.